The molecular weight excluding hydrogens is 164 g/mol. The van der Waals surface area contributed by atoms with Gasteiger partial charge >= 0.3 is 12.0 Å². The molecule has 0 unspecified atom stereocenters. The fourth-order valence-corrected chi connectivity index (χ4v) is 0.659. The molecule has 1 rings (SSSR count). The summed E-state index contributed by atoms with van der Waals surface area (Å²) in [4.78, 5) is 31.9. The van der Waals surface area contributed by atoms with Gasteiger partial charge in [0.05, 0.1) is 13.2 Å². The van der Waals surface area contributed by atoms with Gasteiger partial charge in [-0.2, -0.15) is 0 Å². The van der Waals surface area contributed by atoms with Gasteiger partial charge in [-0.05, 0) is 0 Å². The Morgan fingerprint density at radius 3 is 2.50 bits per heavy atom. The summed E-state index contributed by atoms with van der Waals surface area (Å²) < 4.78 is 4.25. The third-order valence-corrected chi connectivity index (χ3v) is 1.18. The van der Waals surface area contributed by atoms with Crippen LogP contribution in [0.3, 0.4) is 0 Å². The van der Waals surface area contributed by atoms with Gasteiger partial charge < -0.3 is 10.1 Å². The average Bonchev–Trinajstić information content (AvgIpc) is 2.30. The van der Waals surface area contributed by atoms with Gasteiger partial charge in [0.25, 0.3) is 5.91 Å². The lowest BCUT2D eigenvalue weighted by atomic mass is 10.4. The smallest absolute Gasteiger partial charge is 0.332 e. The highest BCUT2D eigenvalue weighted by Crippen LogP contribution is 1.96. The van der Waals surface area contributed by atoms with E-state index in [1.807, 2.05) is 5.32 Å². The Hall–Kier alpha value is -1.85. The van der Waals surface area contributed by atoms with Crippen LogP contribution in [0.1, 0.15) is 0 Å². The molecule has 1 saturated heterocycles. The van der Waals surface area contributed by atoms with Crippen molar-refractivity contribution in [3.8, 4) is 0 Å². The average molecular weight is 170 g/mol. The van der Waals surface area contributed by atoms with Crippen molar-refractivity contribution in [2.75, 3.05) is 7.11 Å². The van der Waals surface area contributed by atoms with Crippen LogP contribution in [0.15, 0.2) is 11.8 Å². The van der Waals surface area contributed by atoms with Crippen molar-refractivity contribution in [2.24, 2.45) is 0 Å². The number of rotatable bonds is 1. The lowest BCUT2D eigenvalue weighted by Crippen LogP contribution is -2.22. The second kappa shape index (κ2) is 3.04. The number of carbonyl (C=O) groups is 3. The van der Waals surface area contributed by atoms with Gasteiger partial charge in [-0.15, -0.1) is 0 Å². The van der Waals surface area contributed by atoms with Gasteiger partial charge in [-0.25, -0.2) is 9.59 Å². The highest BCUT2D eigenvalue weighted by Gasteiger charge is 2.23. The first-order valence-electron chi connectivity index (χ1n) is 3.05. The van der Waals surface area contributed by atoms with Crippen LogP contribution < -0.4 is 10.6 Å². The van der Waals surface area contributed by atoms with Crippen molar-refractivity contribution >= 4 is 17.9 Å². The number of amides is 3. The summed E-state index contributed by atoms with van der Waals surface area (Å²) in [6, 6.07) is -0.643. The number of hydrogen-bond donors (Lipinski definition) is 2. The van der Waals surface area contributed by atoms with E-state index in [0.29, 0.717) is 0 Å². The first-order chi connectivity index (χ1) is 5.63. The fraction of sp³-hybridized carbons (Fsp3) is 0.167. The van der Waals surface area contributed by atoms with E-state index in [-0.39, 0.29) is 5.70 Å². The zero-order valence-electron chi connectivity index (χ0n) is 6.21. The van der Waals surface area contributed by atoms with Crippen molar-refractivity contribution in [1.29, 1.82) is 0 Å². The molecule has 0 saturated carbocycles. The number of esters is 1. The number of carbonyl (C=O) groups excluding carboxylic acids is 3. The molecule has 12 heavy (non-hydrogen) atoms. The van der Waals surface area contributed by atoms with E-state index >= 15 is 0 Å². The molecule has 2 N–H and O–H groups in total. The van der Waals surface area contributed by atoms with E-state index in [1.54, 1.807) is 0 Å². The maximum atomic E-state index is 10.8. The zero-order chi connectivity index (χ0) is 9.14. The first-order valence-corrected chi connectivity index (χ1v) is 3.05. The zero-order valence-corrected chi connectivity index (χ0v) is 6.21. The molecule has 64 valence electrons. The molecule has 0 aromatic heterocycles. The van der Waals surface area contributed by atoms with E-state index in [4.69, 9.17) is 0 Å². The molecule has 0 spiro atoms. The Kier molecular flexibility index (Phi) is 2.09. The molecule has 1 fully saturated rings. The molecule has 0 aromatic rings. The van der Waals surface area contributed by atoms with E-state index in [0.717, 1.165) is 6.08 Å². The second-order valence-electron chi connectivity index (χ2n) is 1.99. The first kappa shape index (κ1) is 8.25. The summed E-state index contributed by atoms with van der Waals surface area (Å²) in [5.74, 6) is -1.33. The fourth-order valence-electron chi connectivity index (χ4n) is 0.659. The number of ether oxygens (including phenoxy) is 1. The predicted molar refractivity (Wildman–Crippen MR) is 36.8 cm³/mol. The van der Waals surface area contributed by atoms with E-state index in [9.17, 15) is 14.4 Å². The van der Waals surface area contributed by atoms with E-state index < -0.39 is 17.9 Å². The van der Waals surface area contributed by atoms with Crippen molar-refractivity contribution in [3.63, 3.8) is 0 Å². The maximum Gasteiger partial charge on any atom is 0.332 e. The molecule has 0 aliphatic carbocycles. The van der Waals surface area contributed by atoms with Crippen molar-refractivity contribution in [2.45, 2.75) is 0 Å². The van der Waals surface area contributed by atoms with Gasteiger partial charge in [-0.1, -0.05) is 0 Å². The monoisotopic (exact) mass is 170 g/mol. The summed E-state index contributed by atoms with van der Waals surface area (Å²) >= 11 is 0. The van der Waals surface area contributed by atoms with Crippen LogP contribution >= 0.6 is 0 Å². The molecule has 3 amide bonds. The number of hydrogen-bond acceptors (Lipinski definition) is 4. The quantitative estimate of drug-likeness (QED) is 0.296. The van der Waals surface area contributed by atoms with Gasteiger partial charge in [0, 0.05) is 0 Å². The van der Waals surface area contributed by atoms with Crippen LogP contribution in [0.2, 0.25) is 0 Å². The molecule has 1 aliphatic heterocycles. The van der Waals surface area contributed by atoms with Crippen molar-refractivity contribution < 1.29 is 19.1 Å². The molecule has 6 heteroatoms. The lowest BCUT2D eigenvalue weighted by Gasteiger charge is -1.92. The molecule has 1 heterocycles. The van der Waals surface area contributed by atoms with Crippen LogP contribution in [0.4, 0.5) is 4.79 Å². The highest BCUT2D eigenvalue weighted by molar-refractivity contribution is 6.13. The largest absolute Gasteiger partial charge is 0.466 e. The molecular formula is C6H6N2O4. The maximum absolute atomic E-state index is 10.8. The topological polar surface area (TPSA) is 84.5 Å². The molecule has 0 atom stereocenters. The third kappa shape index (κ3) is 1.60. The van der Waals surface area contributed by atoms with E-state index in [1.165, 1.54) is 7.11 Å². The number of methoxy groups -OCH3 is 1. The summed E-state index contributed by atoms with van der Waals surface area (Å²) in [7, 11) is 1.17. The molecule has 1 aliphatic rings. The lowest BCUT2D eigenvalue weighted by molar-refractivity contribution is -0.135. The number of urea groups is 1. The van der Waals surface area contributed by atoms with Gasteiger partial charge in [0.1, 0.15) is 5.70 Å². The van der Waals surface area contributed by atoms with Crippen LogP contribution in [0.5, 0.6) is 0 Å². The highest BCUT2D eigenvalue weighted by atomic mass is 16.5. The second-order valence-corrected chi connectivity index (χ2v) is 1.99. The van der Waals surface area contributed by atoms with Crippen LogP contribution in [0, 0.1) is 0 Å². The Morgan fingerprint density at radius 1 is 1.42 bits per heavy atom. The van der Waals surface area contributed by atoms with Gasteiger partial charge in [0.15, 0.2) is 0 Å². The van der Waals surface area contributed by atoms with Crippen LogP contribution in [-0.4, -0.2) is 25.0 Å². The summed E-state index contributed by atoms with van der Waals surface area (Å²) in [5, 5.41) is 4.06. The van der Waals surface area contributed by atoms with Crippen LogP contribution in [-0.2, 0) is 14.3 Å². The van der Waals surface area contributed by atoms with Crippen molar-refractivity contribution in [3.05, 3.63) is 11.8 Å². The predicted octanol–water partition coefficient (Wildman–Crippen LogP) is -1.12. The van der Waals surface area contributed by atoms with Crippen molar-refractivity contribution in [1.82, 2.24) is 10.6 Å². The molecule has 0 radical (unpaired) electrons. The SMILES string of the molecule is COC(=O)/C=C1/NC(=O)NC1=O. The number of imide groups is 1. The summed E-state index contributed by atoms with van der Waals surface area (Å²) in [6.07, 6.45) is 0.903. The Labute approximate surface area is 67.6 Å². The van der Waals surface area contributed by atoms with Gasteiger partial charge in [0.2, 0.25) is 0 Å². The van der Waals surface area contributed by atoms with E-state index in [2.05, 4.69) is 10.1 Å². The minimum Gasteiger partial charge on any atom is -0.466 e. The third-order valence-electron chi connectivity index (χ3n) is 1.18. The Bertz CT molecular complexity index is 281. The van der Waals surface area contributed by atoms with Gasteiger partial charge in [-0.3, -0.25) is 10.1 Å². The summed E-state index contributed by atoms with van der Waals surface area (Å²) in [6.45, 7) is 0. The molecule has 0 bridgehead atoms. The Morgan fingerprint density at radius 2 is 2.08 bits per heavy atom. The summed E-state index contributed by atoms with van der Waals surface area (Å²) in [5.41, 5.74) is -0.105. The normalized spacial score (nSPS) is 18.9. The minimum atomic E-state index is -0.692. The Balaban J connectivity index is 2.76. The van der Waals surface area contributed by atoms with Crippen LogP contribution in [0.25, 0.3) is 0 Å². The number of nitrogens with one attached hydrogen (secondary N) is 2. The standard InChI is InChI=1S/C6H6N2O4/c1-12-4(9)2-3-5(10)8-6(11)7-3/h2H,1H3,(H2,7,8,10,11)/b3-2+. The molecule has 0 aromatic carbocycles. The minimum absolute atomic E-state index is 0.105. The molecule has 6 nitrogen and oxygen atoms in total.